The summed E-state index contributed by atoms with van der Waals surface area (Å²) in [6.45, 7) is 0.466. The minimum Gasteiger partial charge on any atom is -0.308 e. The van der Waals surface area contributed by atoms with Crippen LogP contribution in [-0.2, 0) is 27.8 Å². The second-order valence-electron chi connectivity index (χ2n) is 6.87. The number of fused-ring (bicyclic) bond motifs is 1. The van der Waals surface area contributed by atoms with E-state index in [1.165, 1.54) is 12.1 Å². The zero-order valence-corrected chi connectivity index (χ0v) is 16.3. The van der Waals surface area contributed by atoms with Crippen molar-refractivity contribution in [3.8, 4) is 0 Å². The standard InChI is InChI=1S/C22H19FN2O3S/c23-18-7-10-20(11-8-18)29(27,28)24-19-9-12-21-17(14-19)6-13-22(26)25(21)15-16-4-2-1-3-5-16/h1-5,7-12,14,24H,6,13,15H2. The van der Waals surface area contributed by atoms with Gasteiger partial charge in [0, 0.05) is 17.8 Å². The van der Waals surface area contributed by atoms with Crippen LogP contribution in [0.3, 0.4) is 0 Å². The van der Waals surface area contributed by atoms with Gasteiger partial charge in [-0.05, 0) is 60.0 Å². The van der Waals surface area contributed by atoms with Crippen molar-refractivity contribution < 1.29 is 17.6 Å². The number of aryl methyl sites for hydroxylation is 1. The zero-order valence-electron chi connectivity index (χ0n) is 15.5. The Bertz CT molecular complexity index is 1150. The SMILES string of the molecule is O=C1CCc2cc(NS(=O)(=O)c3ccc(F)cc3)ccc2N1Cc1ccccc1. The number of carbonyl (C=O) groups is 1. The molecular weight excluding hydrogens is 391 g/mol. The van der Waals surface area contributed by atoms with E-state index in [4.69, 9.17) is 0 Å². The number of hydrogen-bond donors (Lipinski definition) is 1. The molecule has 0 saturated carbocycles. The Morgan fingerprint density at radius 2 is 1.66 bits per heavy atom. The van der Waals surface area contributed by atoms with E-state index < -0.39 is 15.8 Å². The van der Waals surface area contributed by atoms with Gasteiger partial charge < -0.3 is 4.90 Å². The molecule has 1 heterocycles. The van der Waals surface area contributed by atoms with Gasteiger partial charge in [0.15, 0.2) is 0 Å². The van der Waals surface area contributed by atoms with Crippen molar-refractivity contribution in [2.24, 2.45) is 0 Å². The van der Waals surface area contributed by atoms with Crippen molar-refractivity contribution in [2.75, 3.05) is 9.62 Å². The fraction of sp³-hybridized carbons (Fsp3) is 0.136. The molecule has 1 aliphatic heterocycles. The highest BCUT2D eigenvalue weighted by molar-refractivity contribution is 7.92. The van der Waals surface area contributed by atoms with Crippen LogP contribution in [0.1, 0.15) is 17.5 Å². The first-order chi connectivity index (χ1) is 13.9. The second kappa shape index (κ2) is 7.67. The van der Waals surface area contributed by atoms with Crippen LogP contribution < -0.4 is 9.62 Å². The number of halogens is 1. The lowest BCUT2D eigenvalue weighted by molar-refractivity contribution is -0.119. The van der Waals surface area contributed by atoms with Crippen LogP contribution in [0, 0.1) is 5.82 Å². The third-order valence-corrected chi connectivity index (χ3v) is 6.24. The Hall–Kier alpha value is -3.19. The van der Waals surface area contributed by atoms with E-state index in [-0.39, 0.29) is 10.8 Å². The molecule has 29 heavy (non-hydrogen) atoms. The number of amides is 1. The number of benzene rings is 3. The topological polar surface area (TPSA) is 66.5 Å². The minimum absolute atomic E-state index is 0.0162. The number of carbonyl (C=O) groups excluding carboxylic acids is 1. The van der Waals surface area contributed by atoms with E-state index in [9.17, 15) is 17.6 Å². The fourth-order valence-corrected chi connectivity index (χ4v) is 4.44. The summed E-state index contributed by atoms with van der Waals surface area (Å²) in [6, 6.07) is 19.5. The number of sulfonamides is 1. The van der Waals surface area contributed by atoms with Crippen LogP contribution in [0.15, 0.2) is 77.7 Å². The molecule has 5 nitrogen and oxygen atoms in total. The van der Waals surface area contributed by atoms with Gasteiger partial charge >= 0.3 is 0 Å². The molecule has 4 rings (SSSR count). The van der Waals surface area contributed by atoms with E-state index in [1.54, 1.807) is 23.1 Å². The summed E-state index contributed by atoms with van der Waals surface area (Å²) in [4.78, 5) is 14.2. The minimum atomic E-state index is -3.83. The Morgan fingerprint density at radius 3 is 2.38 bits per heavy atom. The maximum absolute atomic E-state index is 13.1. The van der Waals surface area contributed by atoms with Gasteiger partial charge in [0.2, 0.25) is 5.91 Å². The Labute approximate surface area is 168 Å². The predicted molar refractivity (Wildman–Crippen MR) is 110 cm³/mol. The molecule has 0 unspecified atom stereocenters. The van der Waals surface area contributed by atoms with E-state index in [0.717, 1.165) is 28.9 Å². The van der Waals surface area contributed by atoms with Crippen molar-refractivity contribution in [3.63, 3.8) is 0 Å². The lowest BCUT2D eigenvalue weighted by Crippen LogP contribution is -2.34. The van der Waals surface area contributed by atoms with Gasteiger partial charge in [0.25, 0.3) is 10.0 Å². The monoisotopic (exact) mass is 410 g/mol. The number of rotatable bonds is 5. The quantitative estimate of drug-likeness (QED) is 0.689. The number of nitrogens with zero attached hydrogens (tertiary/aromatic N) is 1. The molecule has 0 aliphatic carbocycles. The first-order valence-electron chi connectivity index (χ1n) is 9.18. The number of nitrogens with one attached hydrogen (secondary N) is 1. The molecule has 148 valence electrons. The van der Waals surface area contributed by atoms with Crippen molar-refractivity contribution in [1.29, 1.82) is 0 Å². The molecule has 0 bridgehead atoms. The fourth-order valence-electron chi connectivity index (χ4n) is 3.39. The predicted octanol–water partition coefficient (Wildman–Crippen LogP) is 4.11. The largest absolute Gasteiger partial charge is 0.308 e. The van der Waals surface area contributed by atoms with Crippen LogP contribution in [-0.4, -0.2) is 14.3 Å². The molecule has 0 atom stereocenters. The lowest BCUT2D eigenvalue weighted by atomic mass is 10.00. The molecule has 0 radical (unpaired) electrons. The normalized spacial score (nSPS) is 13.8. The lowest BCUT2D eigenvalue weighted by Gasteiger charge is -2.30. The van der Waals surface area contributed by atoms with Gasteiger partial charge in [-0.3, -0.25) is 9.52 Å². The molecule has 1 aliphatic rings. The summed E-state index contributed by atoms with van der Waals surface area (Å²) in [5.41, 5.74) is 3.12. The molecule has 7 heteroatoms. The maximum atomic E-state index is 13.1. The van der Waals surface area contributed by atoms with Crippen molar-refractivity contribution >= 4 is 27.3 Å². The summed E-state index contributed by atoms with van der Waals surface area (Å²) in [6.07, 6.45) is 0.916. The van der Waals surface area contributed by atoms with Gasteiger partial charge in [-0.2, -0.15) is 0 Å². The molecule has 1 N–H and O–H groups in total. The van der Waals surface area contributed by atoms with Gasteiger partial charge in [-0.25, -0.2) is 12.8 Å². The Balaban J connectivity index is 1.60. The average Bonchev–Trinajstić information content (AvgIpc) is 2.71. The highest BCUT2D eigenvalue weighted by Crippen LogP contribution is 2.32. The number of anilines is 2. The molecule has 0 fully saturated rings. The van der Waals surface area contributed by atoms with E-state index in [0.29, 0.717) is 25.1 Å². The first-order valence-corrected chi connectivity index (χ1v) is 10.7. The first kappa shape index (κ1) is 19.1. The summed E-state index contributed by atoms with van der Waals surface area (Å²) in [5, 5.41) is 0. The summed E-state index contributed by atoms with van der Waals surface area (Å²) < 4.78 is 40.7. The van der Waals surface area contributed by atoms with Crippen LogP contribution in [0.2, 0.25) is 0 Å². The third kappa shape index (κ3) is 4.14. The molecule has 0 saturated heterocycles. The van der Waals surface area contributed by atoms with Gasteiger partial charge in [-0.1, -0.05) is 30.3 Å². The van der Waals surface area contributed by atoms with Gasteiger partial charge in [-0.15, -0.1) is 0 Å². The molecule has 0 aromatic heterocycles. The molecular formula is C22H19FN2O3S. The summed E-state index contributed by atoms with van der Waals surface area (Å²) in [7, 11) is -3.83. The Morgan fingerprint density at radius 1 is 0.931 bits per heavy atom. The van der Waals surface area contributed by atoms with Gasteiger partial charge in [0.05, 0.1) is 11.4 Å². The van der Waals surface area contributed by atoms with Crippen LogP contribution >= 0.6 is 0 Å². The van der Waals surface area contributed by atoms with Crippen LogP contribution in [0.25, 0.3) is 0 Å². The van der Waals surface area contributed by atoms with E-state index in [2.05, 4.69) is 4.72 Å². The van der Waals surface area contributed by atoms with E-state index in [1.807, 2.05) is 30.3 Å². The summed E-state index contributed by atoms with van der Waals surface area (Å²) >= 11 is 0. The average molecular weight is 410 g/mol. The Kier molecular flexibility index (Phi) is 5.07. The second-order valence-corrected chi connectivity index (χ2v) is 8.55. The molecule has 3 aromatic carbocycles. The smallest absolute Gasteiger partial charge is 0.261 e. The summed E-state index contributed by atoms with van der Waals surface area (Å²) in [5.74, 6) is -0.457. The highest BCUT2D eigenvalue weighted by atomic mass is 32.2. The maximum Gasteiger partial charge on any atom is 0.261 e. The third-order valence-electron chi connectivity index (χ3n) is 4.84. The molecule has 3 aromatic rings. The zero-order chi connectivity index (χ0) is 20.4. The van der Waals surface area contributed by atoms with E-state index >= 15 is 0 Å². The van der Waals surface area contributed by atoms with Crippen molar-refractivity contribution in [2.45, 2.75) is 24.3 Å². The molecule has 1 amide bonds. The van der Waals surface area contributed by atoms with Gasteiger partial charge in [0.1, 0.15) is 5.82 Å². The van der Waals surface area contributed by atoms with Crippen molar-refractivity contribution in [3.05, 3.63) is 89.7 Å². The van der Waals surface area contributed by atoms with Crippen molar-refractivity contribution in [1.82, 2.24) is 0 Å². The van der Waals surface area contributed by atoms with Crippen LogP contribution in [0.4, 0.5) is 15.8 Å². The number of hydrogen-bond acceptors (Lipinski definition) is 3. The van der Waals surface area contributed by atoms with Crippen LogP contribution in [0.5, 0.6) is 0 Å². The molecule has 0 spiro atoms. The highest BCUT2D eigenvalue weighted by Gasteiger charge is 2.25.